The van der Waals surface area contributed by atoms with Crippen LogP contribution in [0.2, 0.25) is 0 Å². The molecule has 2 atom stereocenters. The molecule has 3 aliphatic rings. The number of fused-ring (bicyclic) bond motifs is 3. The zero-order valence-corrected chi connectivity index (χ0v) is 4.72. The molecule has 0 aliphatic heterocycles. The Bertz CT molecular complexity index is 208. The van der Waals surface area contributed by atoms with Crippen LogP contribution < -0.4 is 0 Å². The van der Waals surface area contributed by atoms with E-state index in [1.165, 1.54) is 12.8 Å². The number of rotatable bonds is 0. The summed E-state index contributed by atoms with van der Waals surface area (Å²) in [6.45, 7) is 0. The highest BCUT2D eigenvalue weighted by atomic mass is 14.6. The predicted molar refractivity (Wildman–Crippen MR) is 32.4 cm³/mol. The van der Waals surface area contributed by atoms with E-state index in [2.05, 4.69) is 12.2 Å². The van der Waals surface area contributed by atoms with Crippen LogP contribution in [0.5, 0.6) is 0 Å². The van der Waals surface area contributed by atoms with Gasteiger partial charge in [0.25, 0.3) is 0 Å². The average molecular weight is 104 g/mol. The number of hydrogen-bond donors (Lipinski definition) is 0. The molecule has 3 rings (SSSR count). The fraction of sp³-hybridized carbons (Fsp3) is 0.500. The highest BCUT2D eigenvalue weighted by Crippen LogP contribution is 2.63. The van der Waals surface area contributed by atoms with E-state index in [1.807, 2.05) is 0 Å². The molecular formula is C8H8. The molecule has 0 aromatic rings. The molecule has 0 bridgehead atoms. The van der Waals surface area contributed by atoms with E-state index in [4.69, 9.17) is 0 Å². The molecule has 0 heteroatoms. The Morgan fingerprint density at radius 1 is 1.38 bits per heavy atom. The van der Waals surface area contributed by atoms with Crippen molar-refractivity contribution < 1.29 is 0 Å². The van der Waals surface area contributed by atoms with E-state index in [9.17, 15) is 0 Å². The molecule has 3 aliphatic carbocycles. The molecule has 0 heterocycles. The van der Waals surface area contributed by atoms with Gasteiger partial charge in [-0.1, -0.05) is 17.7 Å². The summed E-state index contributed by atoms with van der Waals surface area (Å²) in [5, 5.41) is 0. The molecule has 0 nitrogen and oxygen atoms in total. The van der Waals surface area contributed by atoms with Crippen LogP contribution in [0.4, 0.5) is 0 Å². The Morgan fingerprint density at radius 2 is 2.38 bits per heavy atom. The van der Waals surface area contributed by atoms with E-state index < -0.39 is 0 Å². The molecule has 0 saturated heterocycles. The molecule has 1 saturated carbocycles. The largest absolute Gasteiger partial charge is 0.0802 e. The van der Waals surface area contributed by atoms with Gasteiger partial charge in [0, 0.05) is 0 Å². The molecule has 0 spiro atoms. The van der Waals surface area contributed by atoms with Gasteiger partial charge in [0.1, 0.15) is 0 Å². The van der Waals surface area contributed by atoms with Gasteiger partial charge in [0.05, 0.1) is 0 Å². The molecule has 0 radical (unpaired) electrons. The maximum Gasteiger partial charge on any atom is -0.00902 e. The van der Waals surface area contributed by atoms with Gasteiger partial charge in [-0.25, -0.2) is 0 Å². The maximum absolute atomic E-state index is 2.32. The van der Waals surface area contributed by atoms with Crippen LogP contribution in [0.15, 0.2) is 23.3 Å². The van der Waals surface area contributed by atoms with Crippen LogP contribution in [-0.4, -0.2) is 0 Å². The summed E-state index contributed by atoms with van der Waals surface area (Å²) in [4.78, 5) is 0. The smallest absolute Gasteiger partial charge is 0.00902 e. The Morgan fingerprint density at radius 3 is 3.25 bits per heavy atom. The molecule has 40 valence electrons. The first-order valence-electron chi connectivity index (χ1n) is 3.36. The van der Waals surface area contributed by atoms with Crippen molar-refractivity contribution >= 4 is 0 Å². The van der Waals surface area contributed by atoms with Crippen molar-refractivity contribution in [1.82, 2.24) is 0 Å². The van der Waals surface area contributed by atoms with E-state index in [0.29, 0.717) is 0 Å². The standard InChI is InChI=1S/C8H8/c1-2-5-6(3-1)8-4-7(5)8/h1-2,7-8H,3-4H2. The molecule has 0 N–H and O–H groups in total. The zero-order chi connectivity index (χ0) is 5.14. The monoisotopic (exact) mass is 104 g/mol. The van der Waals surface area contributed by atoms with Gasteiger partial charge in [0.15, 0.2) is 0 Å². The molecular weight excluding hydrogens is 96.1 g/mol. The average Bonchev–Trinajstić information content (AvgIpc) is 2.34. The third-order valence-corrected chi connectivity index (χ3v) is 2.64. The van der Waals surface area contributed by atoms with E-state index >= 15 is 0 Å². The third kappa shape index (κ3) is 0.199. The SMILES string of the molecule is C1=CC2=C(C1)C1CC21. The first kappa shape index (κ1) is 3.49. The van der Waals surface area contributed by atoms with Crippen LogP contribution in [0.1, 0.15) is 12.8 Å². The summed E-state index contributed by atoms with van der Waals surface area (Å²) < 4.78 is 0. The van der Waals surface area contributed by atoms with Gasteiger partial charge >= 0.3 is 0 Å². The minimum atomic E-state index is 1.05. The van der Waals surface area contributed by atoms with Gasteiger partial charge in [-0.05, 0) is 30.3 Å². The highest BCUT2D eigenvalue weighted by molar-refractivity contribution is 5.52. The van der Waals surface area contributed by atoms with Crippen molar-refractivity contribution in [2.45, 2.75) is 12.8 Å². The minimum Gasteiger partial charge on any atom is -0.0802 e. The van der Waals surface area contributed by atoms with Crippen molar-refractivity contribution in [3.8, 4) is 0 Å². The van der Waals surface area contributed by atoms with Gasteiger partial charge in [-0.3, -0.25) is 0 Å². The zero-order valence-electron chi connectivity index (χ0n) is 4.72. The Balaban J connectivity index is 2.19. The van der Waals surface area contributed by atoms with E-state index in [-0.39, 0.29) is 0 Å². The second-order valence-corrected chi connectivity index (χ2v) is 3.04. The van der Waals surface area contributed by atoms with Crippen molar-refractivity contribution in [3.05, 3.63) is 23.3 Å². The van der Waals surface area contributed by atoms with Crippen molar-refractivity contribution in [2.24, 2.45) is 11.8 Å². The fourth-order valence-corrected chi connectivity index (χ4v) is 2.09. The lowest BCUT2D eigenvalue weighted by Crippen LogP contribution is -2.01. The van der Waals surface area contributed by atoms with Crippen molar-refractivity contribution in [2.75, 3.05) is 0 Å². The van der Waals surface area contributed by atoms with Crippen molar-refractivity contribution in [1.29, 1.82) is 0 Å². The predicted octanol–water partition coefficient (Wildman–Crippen LogP) is 1.89. The third-order valence-electron chi connectivity index (χ3n) is 2.64. The quantitative estimate of drug-likeness (QED) is 0.440. The summed E-state index contributed by atoms with van der Waals surface area (Å²) >= 11 is 0. The Labute approximate surface area is 48.9 Å². The first-order chi connectivity index (χ1) is 3.97. The van der Waals surface area contributed by atoms with Crippen LogP contribution >= 0.6 is 0 Å². The Kier molecular flexibility index (Phi) is 0.355. The van der Waals surface area contributed by atoms with Gasteiger partial charge in [-0.15, -0.1) is 0 Å². The highest BCUT2D eigenvalue weighted by Gasteiger charge is 2.52. The molecule has 0 aromatic heterocycles. The van der Waals surface area contributed by atoms with Gasteiger partial charge in [-0.2, -0.15) is 0 Å². The topological polar surface area (TPSA) is 0 Å². The molecule has 0 amide bonds. The Hall–Kier alpha value is -0.520. The summed E-state index contributed by atoms with van der Waals surface area (Å²) in [5.74, 6) is 2.11. The van der Waals surface area contributed by atoms with Crippen LogP contribution in [0, 0.1) is 11.8 Å². The summed E-state index contributed by atoms with van der Waals surface area (Å²) in [6, 6.07) is 0. The number of hydrogen-bond acceptors (Lipinski definition) is 0. The molecule has 2 unspecified atom stereocenters. The summed E-state index contributed by atoms with van der Waals surface area (Å²) in [6.07, 6.45) is 7.41. The fourth-order valence-electron chi connectivity index (χ4n) is 2.09. The second-order valence-electron chi connectivity index (χ2n) is 3.04. The van der Waals surface area contributed by atoms with E-state index in [1.54, 1.807) is 11.1 Å². The lowest BCUT2D eigenvalue weighted by Gasteiger charge is -2.13. The van der Waals surface area contributed by atoms with Crippen LogP contribution in [0.3, 0.4) is 0 Å². The number of allylic oxidation sites excluding steroid dienone is 4. The minimum absolute atomic E-state index is 1.05. The van der Waals surface area contributed by atoms with Gasteiger partial charge < -0.3 is 0 Å². The van der Waals surface area contributed by atoms with E-state index in [0.717, 1.165) is 11.8 Å². The molecule has 0 aromatic carbocycles. The second kappa shape index (κ2) is 0.812. The molecule has 8 heavy (non-hydrogen) atoms. The normalized spacial score (nSPS) is 46.0. The lowest BCUT2D eigenvalue weighted by molar-refractivity contribution is 0.776. The summed E-state index contributed by atoms with van der Waals surface area (Å²) in [7, 11) is 0. The summed E-state index contributed by atoms with van der Waals surface area (Å²) in [5.41, 5.74) is 3.48. The van der Waals surface area contributed by atoms with Crippen molar-refractivity contribution in [3.63, 3.8) is 0 Å². The maximum atomic E-state index is 2.32. The lowest BCUT2D eigenvalue weighted by atomic mass is 9.91. The molecule has 1 fully saturated rings. The van der Waals surface area contributed by atoms with Crippen LogP contribution in [-0.2, 0) is 0 Å². The first-order valence-corrected chi connectivity index (χ1v) is 3.36. The van der Waals surface area contributed by atoms with Crippen LogP contribution in [0.25, 0.3) is 0 Å². The van der Waals surface area contributed by atoms with Gasteiger partial charge in [0.2, 0.25) is 0 Å².